The molecule has 0 aliphatic heterocycles. The van der Waals surface area contributed by atoms with Gasteiger partial charge in [0, 0.05) is 0 Å². The van der Waals surface area contributed by atoms with E-state index < -0.39 is 5.91 Å². The van der Waals surface area contributed by atoms with Crippen LogP contribution < -0.4 is 5.48 Å². The molecule has 0 unspecified atom stereocenters. The van der Waals surface area contributed by atoms with Crippen molar-refractivity contribution in [3.8, 4) is 0 Å². The van der Waals surface area contributed by atoms with E-state index in [4.69, 9.17) is 0 Å². The first kappa shape index (κ1) is 7.75. The lowest BCUT2D eigenvalue weighted by Crippen LogP contribution is -2.17. The monoisotopic (exact) mass is 150 g/mol. The summed E-state index contributed by atoms with van der Waals surface area (Å²) in [6.07, 6.45) is 0.157. The number of amides is 1. The minimum Gasteiger partial charge on any atom is -0.759 e. The van der Waals surface area contributed by atoms with Crippen LogP contribution in [0.4, 0.5) is 0 Å². The molecular formula is C8H8NO2-. The van der Waals surface area contributed by atoms with Crippen LogP contribution in [-0.4, -0.2) is 5.91 Å². The highest BCUT2D eigenvalue weighted by Gasteiger charge is 1.95. The van der Waals surface area contributed by atoms with Gasteiger partial charge in [0.1, 0.15) is 0 Å². The summed E-state index contributed by atoms with van der Waals surface area (Å²) in [4.78, 5) is 10.6. The zero-order valence-corrected chi connectivity index (χ0v) is 5.91. The van der Waals surface area contributed by atoms with Gasteiger partial charge in [-0.25, -0.2) is 0 Å². The van der Waals surface area contributed by atoms with Gasteiger partial charge in [-0.1, -0.05) is 30.3 Å². The largest absolute Gasteiger partial charge is 0.759 e. The van der Waals surface area contributed by atoms with Crippen LogP contribution in [0.25, 0.3) is 0 Å². The molecule has 1 amide bonds. The van der Waals surface area contributed by atoms with Crippen LogP contribution in [-0.2, 0) is 11.2 Å². The maximum atomic E-state index is 10.6. The summed E-state index contributed by atoms with van der Waals surface area (Å²) in [5, 5.41) is 9.83. The molecule has 0 spiro atoms. The Hall–Kier alpha value is -1.35. The first-order valence-electron chi connectivity index (χ1n) is 3.28. The smallest absolute Gasteiger partial charge is 0.213 e. The number of hydroxylamine groups is 1. The predicted octanol–water partition coefficient (Wildman–Crippen LogP) is 0.843. The molecule has 58 valence electrons. The molecule has 1 aromatic rings. The number of carbonyl (C=O) groups excluding carboxylic acids is 1. The Labute approximate surface area is 64.6 Å². The molecule has 3 nitrogen and oxygen atoms in total. The molecule has 0 aliphatic rings. The van der Waals surface area contributed by atoms with Crippen molar-refractivity contribution in [1.29, 1.82) is 0 Å². The highest BCUT2D eigenvalue weighted by atomic mass is 16.5. The highest BCUT2D eigenvalue weighted by molar-refractivity contribution is 5.78. The Kier molecular flexibility index (Phi) is 2.63. The van der Waals surface area contributed by atoms with Crippen molar-refractivity contribution >= 4 is 5.91 Å². The number of hydrogen-bond donors (Lipinski definition) is 1. The Morgan fingerprint density at radius 1 is 1.36 bits per heavy atom. The van der Waals surface area contributed by atoms with Crippen LogP contribution in [0, 0.1) is 5.21 Å². The number of hydrogen-bond acceptors (Lipinski definition) is 2. The molecule has 0 aromatic heterocycles. The maximum absolute atomic E-state index is 10.6. The van der Waals surface area contributed by atoms with Gasteiger partial charge in [-0.2, -0.15) is 0 Å². The second-order valence-corrected chi connectivity index (χ2v) is 2.19. The van der Waals surface area contributed by atoms with Gasteiger partial charge in [0.25, 0.3) is 0 Å². The molecule has 0 aliphatic carbocycles. The number of nitrogens with one attached hydrogen (secondary N) is 1. The lowest BCUT2D eigenvalue weighted by Gasteiger charge is -2.06. The van der Waals surface area contributed by atoms with E-state index in [-0.39, 0.29) is 6.42 Å². The van der Waals surface area contributed by atoms with Crippen molar-refractivity contribution in [2.45, 2.75) is 6.42 Å². The van der Waals surface area contributed by atoms with Crippen molar-refractivity contribution in [2.75, 3.05) is 0 Å². The first-order valence-corrected chi connectivity index (χ1v) is 3.28. The predicted molar refractivity (Wildman–Crippen MR) is 41.7 cm³/mol. The van der Waals surface area contributed by atoms with Crippen LogP contribution in [0.2, 0.25) is 0 Å². The molecule has 1 rings (SSSR count). The summed E-state index contributed by atoms with van der Waals surface area (Å²) >= 11 is 0. The number of rotatable bonds is 2. The van der Waals surface area contributed by atoms with E-state index in [1.807, 2.05) is 18.2 Å². The minimum absolute atomic E-state index is 0.157. The van der Waals surface area contributed by atoms with E-state index in [9.17, 15) is 10.0 Å². The molecule has 0 bridgehead atoms. The molecule has 0 radical (unpaired) electrons. The summed E-state index contributed by atoms with van der Waals surface area (Å²) in [6.45, 7) is 0. The summed E-state index contributed by atoms with van der Waals surface area (Å²) in [7, 11) is 0. The average molecular weight is 150 g/mol. The molecule has 0 fully saturated rings. The van der Waals surface area contributed by atoms with E-state index >= 15 is 0 Å². The van der Waals surface area contributed by atoms with Gasteiger partial charge >= 0.3 is 0 Å². The molecule has 0 heterocycles. The fourth-order valence-electron chi connectivity index (χ4n) is 0.817. The Morgan fingerprint density at radius 3 is 2.55 bits per heavy atom. The van der Waals surface area contributed by atoms with Crippen LogP contribution in [0.5, 0.6) is 0 Å². The minimum atomic E-state index is -0.504. The van der Waals surface area contributed by atoms with Gasteiger partial charge in [0.15, 0.2) is 0 Å². The number of carbonyl (C=O) groups is 1. The molecule has 0 atom stereocenters. The molecule has 0 saturated heterocycles. The average Bonchev–Trinajstić information content (AvgIpc) is 2.06. The van der Waals surface area contributed by atoms with Crippen LogP contribution in [0.15, 0.2) is 30.3 Å². The SMILES string of the molecule is O=C(Cc1ccccc1)N[O-]. The van der Waals surface area contributed by atoms with Gasteiger partial charge in [-0.05, 0) is 5.56 Å². The second kappa shape index (κ2) is 3.73. The standard InChI is InChI=1S/C8H8NO2/c10-8(9-11)6-7-4-2-1-3-5-7/h1-5H,6H2,(H-,9,10,11)/q-1. The molecule has 0 saturated carbocycles. The first-order chi connectivity index (χ1) is 5.33. The summed E-state index contributed by atoms with van der Waals surface area (Å²) < 4.78 is 0. The van der Waals surface area contributed by atoms with Crippen molar-refractivity contribution in [3.05, 3.63) is 41.1 Å². The zero-order chi connectivity index (χ0) is 8.10. The lowest BCUT2D eigenvalue weighted by atomic mass is 10.1. The van der Waals surface area contributed by atoms with Crippen molar-refractivity contribution in [3.63, 3.8) is 0 Å². The molecule has 1 N–H and O–H groups in total. The van der Waals surface area contributed by atoms with Crippen LogP contribution in [0.1, 0.15) is 5.56 Å². The van der Waals surface area contributed by atoms with E-state index in [1.165, 1.54) is 5.48 Å². The van der Waals surface area contributed by atoms with E-state index in [0.29, 0.717) is 0 Å². The van der Waals surface area contributed by atoms with E-state index in [1.54, 1.807) is 12.1 Å². The van der Waals surface area contributed by atoms with Gasteiger partial charge in [-0.15, -0.1) is 0 Å². The van der Waals surface area contributed by atoms with Crippen molar-refractivity contribution in [1.82, 2.24) is 5.48 Å². The normalized spacial score (nSPS) is 9.18. The fraction of sp³-hybridized carbons (Fsp3) is 0.125. The Balaban J connectivity index is 2.58. The molecule has 3 heteroatoms. The number of benzene rings is 1. The third-order valence-electron chi connectivity index (χ3n) is 1.32. The summed E-state index contributed by atoms with van der Waals surface area (Å²) in [5.41, 5.74) is 2.17. The maximum Gasteiger partial charge on any atom is 0.213 e. The van der Waals surface area contributed by atoms with E-state index in [2.05, 4.69) is 0 Å². The van der Waals surface area contributed by atoms with Gasteiger partial charge in [0.2, 0.25) is 5.91 Å². The van der Waals surface area contributed by atoms with E-state index in [0.717, 1.165) is 5.56 Å². The third-order valence-corrected chi connectivity index (χ3v) is 1.32. The summed E-state index contributed by atoms with van der Waals surface area (Å²) in [5.74, 6) is -0.504. The van der Waals surface area contributed by atoms with Crippen LogP contribution >= 0.6 is 0 Å². The molecule has 11 heavy (non-hydrogen) atoms. The van der Waals surface area contributed by atoms with Crippen LogP contribution in [0.3, 0.4) is 0 Å². The zero-order valence-electron chi connectivity index (χ0n) is 5.91. The Bertz CT molecular complexity index is 233. The third kappa shape index (κ3) is 2.39. The highest BCUT2D eigenvalue weighted by Crippen LogP contribution is 1.98. The summed E-state index contributed by atoms with van der Waals surface area (Å²) in [6, 6.07) is 9.11. The second-order valence-electron chi connectivity index (χ2n) is 2.19. The molecular weight excluding hydrogens is 142 g/mol. The lowest BCUT2D eigenvalue weighted by molar-refractivity contribution is -0.119. The fourth-order valence-corrected chi connectivity index (χ4v) is 0.817. The Morgan fingerprint density at radius 2 is 2.00 bits per heavy atom. The van der Waals surface area contributed by atoms with Gasteiger partial charge < -0.3 is 10.7 Å². The molecule has 1 aromatic carbocycles. The van der Waals surface area contributed by atoms with Crippen molar-refractivity contribution < 1.29 is 4.79 Å². The van der Waals surface area contributed by atoms with Gasteiger partial charge in [-0.3, -0.25) is 4.79 Å². The quantitative estimate of drug-likeness (QED) is 0.635. The van der Waals surface area contributed by atoms with Crippen molar-refractivity contribution in [2.24, 2.45) is 0 Å². The topological polar surface area (TPSA) is 52.2 Å². The van der Waals surface area contributed by atoms with Gasteiger partial charge in [0.05, 0.1) is 6.42 Å².